The minimum atomic E-state index is -0.0730. The van der Waals surface area contributed by atoms with Gasteiger partial charge in [0.25, 0.3) is 0 Å². The molecule has 0 amide bonds. The van der Waals surface area contributed by atoms with Crippen LogP contribution in [0.1, 0.15) is 11.6 Å². The van der Waals surface area contributed by atoms with E-state index in [4.69, 9.17) is 11.5 Å². The van der Waals surface area contributed by atoms with Crippen LogP contribution in [0, 0.1) is 0 Å². The Morgan fingerprint density at radius 1 is 1.31 bits per heavy atom. The third kappa shape index (κ3) is 1.32. The fourth-order valence-electron chi connectivity index (χ4n) is 1.53. The fourth-order valence-corrected chi connectivity index (χ4v) is 1.53. The van der Waals surface area contributed by atoms with Gasteiger partial charge < -0.3 is 16.5 Å². The maximum Gasteiger partial charge on any atom is 0.0457 e. The Balaban J connectivity index is 2.57. The number of rotatable bonds is 2. The molecule has 3 heteroatoms. The second-order valence-electron chi connectivity index (χ2n) is 3.13. The van der Waals surface area contributed by atoms with E-state index in [2.05, 4.69) is 11.1 Å². The molecule has 0 aliphatic heterocycles. The lowest BCUT2D eigenvalue weighted by molar-refractivity contribution is 0.743. The minimum Gasteiger partial charge on any atom is -0.361 e. The smallest absolute Gasteiger partial charge is 0.0457 e. The number of aromatic nitrogens is 1. The lowest BCUT2D eigenvalue weighted by atomic mass is 10.1. The van der Waals surface area contributed by atoms with Crippen LogP contribution in [0.15, 0.2) is 30.5 Å². The van der Waals surface area contributed by atoms with Gasteiger partial charge >= 0.3 is 0 Å². The van der Waals surface area contributed by atoms with E-state index in [1.807, 2.05) is 24.4 Å². The Morgan fingerprint density at radius 3 is 2.85 bits per heavy atom. The number of para-hydroxylation sites is 1. The third-order valence-electron chi connectivity index (χ3n) is 2.27. The molecule has 1 aromatic carbocycles. The lowest BCUT2D eigenvalue weighted by Gasteiger charge is -2.06. The third-order valence-corrected chi connectivity index (χ3v) is 2.27. The number of nitrogens with one attached hydrogen (secondary N) is 1. The standard InChI is InChI=1S/C10H13N3/c11-5-9(12)8-6-13-10-4-2-1-3-7(8)10/h1-4,6,9,13H,5,11-12H2/t9-/m0/s1. The molecule has 5 N–H and O–H groups in total. The van der Waals surface area contributed by atoms with E-state index in [9.17, 15) is 0 Å². The number of nitrogens with two attached hydrogens (primary N) is 2. The predicted octanol–water partition coefficient (Wildman–Crippen LogP) is 1.13. The van der Waals surface area contributed by atoms with Crippen molar-refractivity contribution in [2.75, 3.05) is 6.54 Å². The van der Waals surface area contributed by atoms with Gasteiger partial charge in [-0.05, 0) is 11.6 Å². The average molecular weight is 175 g/mol. The first-order valence-electron chi connectivity index (χ1n) is 4.34. The van der Waals surface area contributed by atoms with E-state index >= 15 is 0 Å². The van der Waals surface area contributed by atoms with E-state index in [0.717, 1.165) is 11.1 Å². The maximum atomic E-state index is 5.86. The van der Waals surface area contributed by atoms with Crippen LogP contribution < -0.4 is 11.5 Å². The minimum absolute atomic E-state index is 0.0730. The Morgan fingerprint density at radius 2 is 2.08 bits per heavy atom. The Hall–Kier alpha value is -1.32. The van der Waals surface area contributed by atoms with Crippen molar-refractivity contribution < 1.29 is 0 Å². The van der Waals surface area contributed by atoms with Gasteiger partial charge in [0.15, 0.2) is 0 Å². The number of fused-ring (bicyclic) bond motifs is 1. The molecule has 2 aromatic rings. The number of hydrogen-bond donors (Lipinski definition) is 3. The molecule has 13 heavy (non-hydrogen) atoms. The second-order valence-corrected chi connectivity index (χ2v) is 3.13. The van der Waals surface area contributed by atoms with Crippen LogP contribution in [0.2, 0.25) is 0 Å². The monoisotopic (exact) mass is 175 g/mol. The molecule has 1 atom stereocenters. The summed E-state index contributed by atoms with van der Waals surface area (Å²) in [6.07, 6.45) is 1.93. The zero-order valence-corrected chi connectivity index (χ0v) is 7.33. The topological polar surface area (TPSA) is 67.8 Å². The van der Waals surface area contributed by atoms with Crippen molar-refractivity contribution in [1.29, 1.82) is 0 Å². The Bertz CT molecular complexity index is 405. The molecule has 0 aliphatic rings. The largest absolute Gasteiger partial charge is 0.361 e. The summed E-state index contributed by atoms with van der Waals surface area (Å²) >= 11 is 0. The Kier molecular flexibility index (Phi) is 2.04. The van der Waals surface area contributed by atoms with Gasteiger partial charge in [-0.25, -0.2) is 0 Å². The molecule has 0 spiro atoms. The van der Waals surface area contributed by atoms with Crippen LogP contribution >= 0.6 is 0 Å². The highest BCUT2D eigenvalue weighted by Gasteiger charge is 2.08. The van der Waals surface area contributed by atoms with Crippen LogP contribution in [0.3, 0.4) is 0 Å². The van der Waals surface area contributed by atoms with E-state index in [1.165, 1.54) is 5.39 Å². The molecule has 0 fully saturated rings. The summed E-state index contributed by atoms with van der Waals surface area (Å²) in [4.78, 5) is 3.17. The first kappa shape index (κ1) is 8.29. The summed E-state index contributed by atoms with van der Waals surface area (Å²) in [5, 5.41) is 1.17. The van der Waals surface area contributed by atoms with Crippen molar-refractivity contribution in [3.05, 3.63) is 36.0 Å². The molecule has 0 saturated heterocycles. The molecule has 68 valence electrons. The van der Waals surface area contributed by atoms with Crippen molar-refractivity contribution in [1.82, 2.24) is 4.98 Å². The predicted molar refractivity (Wildman–Crippen MR) is 54.3 cm³/mol. The summed E-state index contributed by atoms with van der Waals surface area (Å²) in [7, 11) is 0. The fraction of sp³-hybridized carbons (Fsp3) is 0.200. The van der Waals surface area contributed by atoms with Gasteiger partial charge in [-0.3, -0.25) is 0 Å². The molecule has 2 rings (SSSR count). The summed E-state index contributed by atoms with van der Waals surface area (Å²) in [6.45, 7) is 0.474. The van der Waals surface area contributed by atoms with Gasteiger partial charge in [0.1, 0.15) is 0 Å². The molecule has 1 aromatic heterocycles. The number of H-pyrrole nitrogens is 1. The molecule has 0 aliphatic carbocycles. The van der Waals surface area contributed by atoms with E-state index in [0.29, 0.717) is 6.54 Å². The molecule has 0 radical (unpaired) electrons. The van der Waals surface area contributed by atoms with Gasteiger partial charge in [-0.2, -0.15) is 0 Å². The van der Waals surface area contributed by atoms with Crippen molar-refractivity contribution in [2.45, 2.75) is 6.04 Å². The first-order chi connectivity index (χ1) is 6.33. The summed E-state index contributed by atoms with van der Waals surface area (Å²) < 4.78 is 0. The van der Waals surface area contributed by atoms with Crippen molar-refractivity contribution in [3.63, 3.8) is 0 Å². The summed E-state index contributed by atoms with van der Waals surface area (Å²) in [5.74, 6) is 0. The van der Waals surface area contributed by atoms with Crippen LogP contribution in [0.25, 0.3) is 10.9 Å². The van der Waals surface area contributed by atoms with Crippen molar-refractivity contribution in [2.24, 2.45) is 11.5 Å². The zero-order chi connectivity index (χ0) is 9.26. The molecule has 0 unspecified atom stereocenters. The second kappa shape index (κ2) is 3.20. The maximum absolute atomic E-state index is 5.86. The average Bonchev–Trinajstić information content (AvgIpc) is 2.60. The summed E-state index contributed by atoms with van der Waals surface area (Å²) in [6, 6.07) is 8.01. The highest BCUT2D eigenvalue weighted by atomic mass is 14.7. The molecule has 3 nitrogen and oxygen atoms in total. The van der Waals surface area contributed by atoms with Crippen molar-refractivity contribution in [3.8, 4) is 0 Å². The van der Waals surface area contributed by atoms with Gasteiger partial charge in [0.05, 0.1) is 0 Å². The highest BCUT2D eigenvalue weighted by molar-refractivity contribution is 5.83. The normalized spacial score (nSPS) is 13.4. The van der Waals surface area contributed by atoms with E-state index in [-0.39, 0.29) is 6.04 Å². The Labute approximate surface area is 76.7 Å². The van der Waals surface area contributed by atoms with Gasteiger partial charge in [0.2, 0.25) is 0 Å². The van der Waals surface area contributed by atoms with Crippen molar-refractivity contribution >= 4 is 10.9 Å². The molecule has 0 saturated carbocycles. The summed E-state index contributed by atoms with van der Waals surface area (Å²) in [5.41, 5.74) is 13.6. The van der Waals surface area contributed by atoms with Crippen LogP contribution in [0.4, 0.5) is 0 Å². The van der Waals surface area contributed by atoms with Gasteiger partial charge in [0, 0.05) is 29.7 Å². The SMILES string of the molecule is NC[C@H](N)c1c[nH]c2ccccc12. The number of aromatic amines is 1. The number of benzene rings is 1. The van der Waals surface area contributed by atoms with Gasteiger partial charge in [-0.15, -0.1) is 0 Å². The van der Waals surface area contributed by atoms with Crippen LogP contribution in [-0.2, 0) is 0 Å². The quantitative estimate of drug-likeness (QED) is 0.640. The molecular weight excluding hydrogens is 162 g/mol. The molecule has 1 heterocycles. The van der Waals surface area contributed by atoms with Crippen LogP contribution in [0.5, 0.6) is 0 Å². The van der Waals surface area contributed by atoms with Gasteiger partial charge in [-0.1, -0.05) is 18.2 Å². The van der Waals surface area contributed by atoms with Crippen LogP contribution in [-0.4, -0.2) is 11.5 Å². The number of hydrogen-bond acceptors (Lipinski definition) is 2. The zero-order valence-electron chi connectivity index (χ0n) is 7.33. The van der Waals surface area contributed by atoms with E-state index in [1.54, 1.807) is 0 Å². The first-order valence-corrected chi connectivity index (χ1v) is 4.34. The lowest BCUT2D eigenvalue weighted by Crippen LogP contribution is -2.20. The van der Waals surface area contributed by atoms with E-state index < -0.39 is 0 Å². The molecular formula is C10H13N3. The molecule has 0 bridgehead atoms. The highest BCUT2D eigenvalue weighted by Crippen LogP contribution is 2.21.